The number of hydrogen-bond donors (Lipinski definition) is 3. The Morgan fingerprint density at radius 2 is 1.75 bits per heavy atom. The van der Waals surface area contributed by atoms with Crippen LogP contribution in [0.4, 0.5) is 0 Å². The fourth-order valence-corrected chi connectivity index (χ4v) is 5.74. The molecule has 44 heavy (non-hydrogen) atoms. The van der Waals surface area contributed by atoms with Crippen LogP contribution in [0.3, 0.4) is 0 Å². The SMILES string of the molecule is CCCCNC(=O)C(c1cccc(OCc2ccccc2)c1)N(CC(=O)O)C(=O)c1ccc(CN2CC(=O)NS2(=O)=O)cc1. The first-order valence-electron chi connectivity index (χ1n) is 14.0. The summed E-state index contributed by atoms with van der Waals surface area (Å²) in [5, 5.41) is 12.6. The Morgan fingerprint density at radius 3 is 2.39 bits per heavy atom. The molecule has 0 bridgehead atoms. The van der Waals surface area contributed by atoms with E-state index in [9.17, 15) is 32.7 Å². The predicted octanol–water partition coefficient (Wildman–Crippen LogP) is 2.63. The number of rotatable bonds is 14. The molecule has 0 aliphatic carbocycles. The van der Waals surface area contributed by atoms with Crippen LogP contribution in [-0.2, 0) is 37.7 Å². The fourth-order valence-electron chi connectivity index (χ4n) is 4.65. The molecule has 4 rings (SSSR count). The molecule has 1 aliphatic rings. The molecule has 3 aromatic carbocycles. The first kappa shape index (κ1) is 32.2. The summed E-state index contributed by atoms with van der Waals surface area (Å²) >= 11 is 0. The van der Waals surface area contributed by atoms with E-state index in [1.54, 1.807) is 24.3 Å². The molecule has 1 heterocycles. The van der Waals surface area contributed by atoms with Gasteiger partial charge in [0.1, 0.15) is 24.9 Å². The molecule has 13 heteroatoms. The smallest absolute Gasteiger partial charge is 0.323 e. The highest BCUT2D eigenvalue weighted by Gasteiger charge is 2.35. The molecular weight excluding hydrogens is 588 g/mol. The van der Waals surface area contributed by atoms with Crippen LogP contribution in [0.1, 0.15) is 52.9 Å². The number of amides is 3. The number of carboxylic acids is 1. The van der Waals surface area contributed by atoms with Gasteiger partial charge in [0.05, 0.1) is 6.54 Å². The monoisotopic (exact) mass is 622 g/mol. The number of benzene rings is 3. The molecule has 3 aromatic rings. The van der Waals surface area contributed by atoms with Crippen LogP contribution < -0.4 is 14.8 Å². The van der Waals surface area contributed by atoms with Crippen LogP contribution in [0.2, 0.25) is 0 Å². The summed E-state index contributed by atoms with van der Waals surface area (Å²) < 4.78 is 33.0. The number of hydrogen-bond acceptors (Lipinski definition) is 7. The highest BCUT2D eigenvalue weighted by Crippen LogP contribution is 2.27. The van der Waals surface area contributed by atoms with Gasteiger partial charge < -0.3 is 20.1 Å². The van der Waals surface area contributed by atoms with Crippen molar-refractivity contribution in [3.8, 4) is 5.75 Å². The lowest BCUT2D eigenvalue weighted by Crippen LogP contribution is -2.46. The number of ether oxygens (including phenoxy) is 1. The topological polar surface area (TPSA) is 162 Å². The Bertz CT molecular complexity index is 1600. The van der Waals surface area contributed by atoms with E-state index < -0.39 is 46.5 Å². The van der Waals surface area contributed by atoms with Gasteiger partial charge in [0.15, 0.2) is 0 Å². The third kappa shape index (κ3) is 8.42. The minimum absolute atomic E-state index is 0.0938. The van der Waals surface area contributed by atoms with Gasteiger partial charge in [0.25, 0.3) is 5.91 Å². The molecule has 3 N–H and O–H groups in total. The van der Waals surface area contributed by atoms with E-state index >= 15 is 0 Å². The molecule has 1 atom stereocenters. The molecule has 1 fully saturated rings. The van der Waals surface area contributed by atoms with Gasteiger partial charge in [0, 0.05) is 18.7 Å². The number of nitrogens with one attached hydrogen (secondary N) is 2. The molecule has 1 saturated heterocycles. The molecule has 3 amide bonds. The number of carbonyl (C=O) groups excluding carboxylic acids is 3. The maximum Gasteiger partial charge on any atom is 0.323 e. The Balaban J connectivity index is 1.62. The molecule has 1 unspecified atom stereocenters. The average Bonchev–Trinajstić information content (AvgIpc) is 3.26. The van der Waals surface area contributed by atoms with Crippen molar-refractivity contribution in [1.82, 2.24) is 19.2 Å². The van der Waals surface area contributed by atoms with Crippen LogP contribution in [0, 0.1) is 0 Å². The van der Waals surface area contributed by atoms with Crippen molar-refractivity contribution < 1.29 is 37.4 Å². The molecule has 0 saturated carbocycles. The standard InChI is InChI=1S/C31H34N4O8S/c1-2-3-16-32-30(39)29(25-10-7-11-26(17-25)43-21-23-8-5-4-6-9-23)35(20-28(37)38)31(40)24-14-12-22(13-15-24)18-34-19-27(36)33-44(34,41)42/h4-15,17,29H,2-3,16,18-21H2,1H3,(H,32,39)(H,33,36)(H,37,38). The second-order valence-corrected chi connectivity index (χ2v) is 11.9. The van der Waals surface area contributed by atoms with Crippen molar-refractivity contribution in [3.05, 3.63) is 101 Å². The third-order valence-electron chi connectivity index (χ3n) is 6.84. The number of nitrogens with zero attached hydrogens (tertiary/aromatic N) is 2. The van der Waals surface area contributed by atoms with Gasteiger partial charge in [-0.3, -0.25) is 19.2 Å². The lowest BCUT2D eigenvalue weighted by Gasteiger charge is -2.30. The zero-order valence-electron chi connectivity index (χ0n) is 24.1. The summed E-state index contributed by atoms with van der Waals surface area (Å²) in [7, 11) is -3.93. The van der Waals surface area contributed by atoms with Gasteiger partial charge in [-0.15, -0.1) is 0 Å². The summed E-state index contributed by atoms with van der Waals surface area (Å²) in [4.78, 5) is 51.9. The predicted molar refractivity (Wildman–Crippen MR) is 160 cm³/mol. The van der Waals surface area contributed by atoms with Crippen LogP contribution in [0.15, 0.2) is 78.9 Å². The van der Waals surface area contributed by atoms with Crippen molar-refractivity contribution in [2.45, 2.75) is 39.0 Å². The van der Waals surface area contributed by atoms with E-state index in [0.717, 1.165) is 21.2 Å². The first-order valence-corrected chi connectivity index (χ1v) is 15.5. The molecule has 232 valence electrons. The van der Waals surface area contributed by atoms with Gasteiger partial charge in [0.2, 0.25) is 11.8 Å². The second kappa shape index (κ2) is 14.6. The number of carboxylic acid groups (broad SMARTS) is 1. The van der Waals surface area contributed by atoms with Crippen molar-refractivity contribution in [3.63, 3.8) is 0 Å². The molecular formula is C31H34N4O8S. The van der Waals surface area contributed by atoms with Crippen molar-refractivity contribution in [1.29, 1.82) is 0 Å². The quantitative estimate of drug-likeness (QED) is 0.231. The van der Waals surface area contributed by atoms with Gasteiger partial charge in [-0.2, -0.15) is 12.7 Å². The van der Waals surface area contributed by atoms with E-state index in [4.69, 9.17) is 4.74 Å². The zero-order valence-corrected chi connectivity index (χ0v) is 25.0. The van der Waals surface area contributed by atoms with Crippen molar-refractivity contribution in [2.75, 3.05) is 19.6 Å². The van der Waals surface area contributed by atoms with Crippen molar-refractivity contribution in [2.24, 2.45) is 0 Å². The van der Waals surface area contributed by atoms with Crippen LogP contribution >= 0.6 is 0 Å². The van der Waals surface area contributed by atoms with Crippen molar-refractivity contribution >= 4 is 33.9 Å². The third-order valence-corrected chi connectivity index (χ3v) is 8.26. The molecule has 1 aliphatic heterocycles. The Morgan fingerprint density at radius 1 is 1.02 bits per heavy atom. The lowest BCUT2D eigenvalue weighted by atomic mass is 10.0. The Labute approximate surface area is 255 Å². The Kier molecular flexibility index (Phi) is 10.7. The summed E-state index contributed by atoms with van der Waals surface area (Å²) in [5.74, 6) is -2.76. The minimum Gasteiger partial charge on any atom is -0.489 e. The van der Waals surface area contributed by atoms with Crippen LogP contribution in [0.5, 0.6) is 5.75 Å². The van der Waals surface area contributed by atoms with Crippen LogP contribution in [0.25, 0.3) is 0 Å². The van der Waals surface area contributed by atoms with Crippen LogP contribution in [-0.4, -0.2) is 66.1 Å². The highest BCUT2D eigenvalue weighted by molar-refractivity contribution is 7.88. The van der Waals surface area contributed by atoms with E-state index in [-0.39, 0.29) is 25.3 Å². The van der Waals surface area contributed by atoms with E-state index in [1.165, 1.54) is 24.3 Å². The minimum atomic E-state index is -3.93. The van der Waals surface area contributed by atoms with Gasteiger partial charge in [-0.25, -0.2) is 4.72 Å². The Hall–Kier alpha value is -4.75. The first-order chi connectivity index (χ1) is 21.1. The maximum atomic E-state index is 13.8. The summed E-state index contributed by atoms with van der Waals surface area (Å²) in [6.45, 7) is 1.39. The molecule has 12 nitrogen and oxygen atoms in total. The highest BCUT2D eigenvalue weighted by atomic mass is 32.2. The molecule has 0 aromatic heterocycles. The lowest BCUT2D eigenvalue weighted by molar-refractivity contribution is -0.139. The number of unbranched alkanes of at least 4 members (excludes halogenated alkanes) is 1. The number of aliphatic carboxylic acids is 1. The van der Waals surface area contributed by atoms with Gasteiger partial charge >= 0.3 is 16.2 Å². The molecule has 0 spiro atoms. The second-order valence-electron chi connectivity index (χ2n) is 10.2. The largest absolute Gasteiger partial charge is 0.489 e. The molecule has 0 radical (unpaired) electrons. The summed E-state index contributed by atoms with van der Waals surface area (Å²) in [6, 6.07) is 20.7. The van der Waals surface area contributed by atoms with E-state index in [1.807, 2.05) is 42.0 Å². The van der Waals surface area contributed by atoms with Gasteiger partial charge in [-0.1, -0.05) is 67.9 Å². The number of carbonyl (C=O) groups is 4. The van der Waals surface area contributed by atoms with E-state index in [0.29, 0.717) is 29.8 Å². The fraction of sp³-hybridized carbons (Fsp3) is 0.290. The summed E-state index contributed by atoms with van der Waals surface area (Å²) in [6.07, 6.45) is 1.52. The van der Waals surface area contributed by atoms with Gasteiger partial charge in [-0.05, 0) is 47.4 Å². The average molecular weight is 623 g/mol. The normalized spacial score (nSPS) is 14.8. The zero-order chi connectivity index (χ0) is 31.7. The van der Waals surface area contributed by atoms with E-state index in [2.05, 4.69) is 5.32 Å². The maximum absolute atomic E-state index is 13.8. The summed E-state index contributed by atoms with van der Waals surface area (Å²) in [5.41, 5.74) is 1.90.